The smallest absolute Gasteiger partial charge is 0.00867 e. The minimum atomic E-state index is 1.20. The molecule has 3 aromatic carbocycles. The summed E-state index contributed by atoms with van der Waals surface area (Å²) in [4.78, 5) is 0. The van der Waals surface area contributed by atoms with Gasteiger partial charge in [-0.2, -0.15) is 0 Å². The van der Waals surface area contributed by atoms with Gasteiger partial charge >= 0.3 is 0 Å². The molecule has 0 atom stereocenters. The minimum absolute atomic E-state index is 1.20. The zero-order valence-electron chi connectivity index (χ0n) is 17.8. The van der Waals surface area contributed by atoms with Crippen molar-refractivity contribution in [2.45, 2.75) is 84.0 Å². The zero-order chi connectivity index (χ0) is 19.4. The van der Waals surface area contributed by atoms with Crippen LogP contribution in [0.4, 0.5) is 0 Å². The largest absolute Gasteiger partial charge is 0.0654 e. The molecule has 0 saturated carbocycles. The van der Waals surface area contributed by atoms with Gasteiger partial charge in [-0.1, -0.05) is 120 Å². The average molecular weight is 374 g/mol. The van der Waals surface area contributed by atoms with Crippen molar-refractivity contribution in [3.05, 3.63) is 66.6 Å². The lowest BCUT2D eigenvalue weighted by atomic mass is 9.96. The third-order valence-corrected chi connectivity index (χ3v) is 5.95. The average Bonchev–Trinajstić information content (AvgIpc) is 2.73. The van der Waals surface area contributed by atoms with E-state index in [2.05, 4.69) is 67.9 Å². The quantitative estimate of drug-likeness (QED) is 0.207. The van der Waals surface area contributed by atoms with Crippen LogP contribution >= 0.6 is 0 Å². The van der Waals surface area contributed by atoms with E-state index < -0.39 is 0 Å². The van der Waals surface area contributed by atoms with Crippen LogP contribution in [0.3, 0.4) is 0 Å². The Morgan fingerprint density at radius 3 is 1.82 bits per heavy atom. The topological polar surface area (TPSA) is 0 Å². The van der Waals surface area contributed by atoms with Gasteiger partial charge in [-0.25, -0.2) is 0 Å². The minimum Gasteiger partial charge on any atom is -0.0654 e. The van der Waals surface area contributed by atoms with E-state index in [-0.39, 0.29) is 0 Å². The lowest BCUT2D eigenvalue weighted by Crippen LogP contribution is -1.87. The van der Waals surface area contributed by atoms with Gasteiger partial charge in [0.15, 0.2) is 0 Å². The van der Waals surface area contributed by atoms with Crippen molar-refractivity contribution in [2.75, 3.05) is 0 Å². The number of fused-ring (bicyclic) bond motifs is 2. The van der Waals surface area contributed by atoms with Crippen LogP contribution in [0.1, 0.15) is 89.5 Å². The first-order chi connectivity index (χ1) is 13.9. The molecule has 0 aliphatic rings. The lowest BCUT2D eigenvalue weighted by Gasteiger charge is -2.08. The second-order valence-corrected chi connectivity index (χ2v) is 8.30. The van der Waals surface area contributed by atoms with Crippen molar-refractivity contribution < 1.29 is 0 Å². The van der Waals surface area contributed by atoms with E-state index in [0.717, 1.165) is 0 Å². The normalized spacial score (nSPS) is 11.5. The van der Waals surface area contributed by atoms with Crippen molar-refractivity contribution in [1.82, 2.24) is 0 Å². The predicted octanol–water partition coefficient (Wildman–Crippen LogP) is 9.25. The highest BCUT2D eigenvalue weighted by molar-refractivity contribution is 6.00. The Kier molecular flexibility index (Phi) is 8.88. The Labute approximate surface area is 172 Å². The monoisotopic (exact) mass is 373 g/mol. The molecule has 0 bridgehead atoms. The van der Waals surface area contributed by atoms with E-state index in [9.17, 15) is 0 Å². The molecule has 0 spiro atoms. The van der Waals surface area contributed by atoms with E-state index in [1.54, 1.807) is 0 Å². The number of rotatable bonds is 13. The van der Waals surface area contributed by atoms with Crippen LogP contribution in [0.2, 0.25) is 0 Å². The second-order valence-electron chi connectivity index (χ2n) is 8.30. The molecule has 0 aliphatic heterocycles. The van der Waals surface area contributed by atoms with Crippen molar-refractivity contribution in [1.29, 1.82) is 0 Å². The van der Waals surface area contributed by atoms with Crippen LogP contribution in [-0.4, -0.2) is 0 Å². The molecule has 0 aromatic heterocycles. The molecule has 0 amide bonds. The molecule has 0 fully saturated rings. The fourth-order valence-corrected chi connectivity index (χ4v) is 4.24. The molecule has 0 heterocycles. The molecule has 3 rings (SSSR count). The van der Waals surface area contributed by atoms with Gasteiger partial charge in [0.1, 0.15) is 0 Å². The Hall–Kier alpha value is -1.82. The zero-order valence-corrected chi connectivity index (χ0v) is 17.8. The summed E-state index contributed by atoms with van der Waals surface area (Å²) < 4.78 is 0. The van der Waals surface area contributed by atoms with Gasteiger partial charge in [-0.3, -0.25) is 0 Å². The van der Waals surface area contributed by atoms with Gasteiger partial charge in [0.2, 0.25) is 0 Å². The first kappa shape index (κ1) is 20.9. The summed E-state index contributed by atoms with van der Waals surface area (Å²) in [6, 6.07) is 20.1. The van der Waals surface area contributed by atoms with E-state index in [4.69, 9.17) is 0 Å². The van der Waals surface area contributed by atoms with Gasteiger partial charge in [0.05, 0.1) is 0 Å². The van der Waals surface area contributed by atoms with Gasteiger partial charge in [0, 0.05) is 0 Å². The maximum atomic E-state index is 2.45. The molecule has 28 heavy (non-hydrogen) atoms. The van der Waals surface area contributed by atoms with Gasteiger partial charge in [-0.05, 0) is 52.1 Å². The molecule has 1 radical (unpaired) electrons. The maximum absolute atomic E-state index is 2.45. The molecule has 149 valence electrons. The van der Waals surface area contributed by atoms with Crippen molar-refractivity contribution in [3.63, 3.8) is 0 Å². The molecule has 0 heteroatoms. The van der Waals surface area contributed by atoms with Crippen LogP contribution in [0.15, 0.2) is 54.6 Å². The summed E-state index contributed by atoms with van der Waals surface area (Å²) in [5.41, 5.74) is 1.40. The second kappa shape index (κ2) is 11.9. The number of benzene rings is 3. The first-order valence-electron chi connectivity index (χ1n) is 11.6. The third-order valence-electron chi connectivity index (χ3n) is 5.95. The maximum Gasteiger partial charge on any atom is -0.00867 e. The summed E-state index contributed by atoms with van der Waals surface area (Å²) in [6.07, 6.45) is 19.2. The lowest BCUT2D eigenvalue weighted by molar-refractivity contribution is 0.549. The van der Waals surface area contributed by atoms with E-state index in [0.29, 0.717) is 0 Å². The van der Waals surface area contributed by atoms with E-state index in [1.807, 2.05) is 0 Å². The molecule has 3 aromatic rings. The van der Waals surface area contributed by atoms with E-state index in [1.165, 1.54) is 104 Å². The Morgan fingerprint density at radius 2 is 1.14 bits per heavy atom. The summed E-state index contributed by atoms with van der Waals surface area (Å²) in [7, 11) is 0. The van der Waals surface area contributed by atoms with Crippen LogP contribution in [-0.2, 0) is 0 Å². The molecule has 0 aliphatic carbocycles. The molecule has 0 saturated heterocycles. The highest BCUT2D eigenvalue weighted by atomic mass is 14.1. The third kappa shape index (κ3) is 6.36. The number of hydrogen-bond donors (Lipinski definition) is 0. The fraction of sp³-hybridized carbons (Fsp3) is 0.464. The SMILES string of the molecule is CCCCCCCCCCCCC[CH]c1cccc2cc3ccccc3cc12. The summed E-state index contributed by atoms with van der Waals surface area (Å²) in [6.45, 7) is 2.29. The van der Waals surface area contributed by atoms with Crippen molar-refractivity contribution in [3.8, 4) is 0 Å². The summed E-state index contributed by atoms with van der Waals surface area (Å²) in [5.74, 6) is 0. The van der Waals surface area contributed by atoms with Crippen LogP contribution in [0.5, 0.6) is 0 Å². The molecular formula is C28H37. The first-order valence-corrected chi connectivity index (χ1v) is 11.6. The number of hydrogen-bond acceptors (Lipinski definition) is 0. The van der Waals surface area contributed by atoms with Crippen molar-refractivity contribution >= 4 is 21.5 Å². The highest BCUT2D eigenvalue weighted by Gasteiger charge is 2.03. The Bertz CT molecular complexity index is 830. The predicted molar refractivity (Wildman–Crippen MR) is 126 cm³/mol. The van der Waals surface area contributed by atoms with Crippen LogP contribution in [0, 0.1) is 6.42 Å². The van der Waals surface area contributed by atoms with Gasteiger partial charge in [-0.15, -0.1) is 0 Å². The molecule has 0 nitrogen and oxygen atoms in total. The Morgan fingerprint density at radius 1 is 0.571 bits per heavy atom. The van der Waals surface area contributed by atoms with E-state index >= 15 is 0 Å². The summed E-state index contributed by atoms with van der Waals surface area (Å²) >= 11 is 0. The van der Waals surface area contributed by atoms with Gasteiger partial charge < -0.3 is 0 Å². The van der Waals surface area contributed by atoms with Crippen molar-refractivity contribution in [2.24, 2.45) is 0 Å². The van der Waals surface area contributed by atoms with Crippen LogP contribution < -0.4 is 0 Å². The Balaban J connectivity index is 1.36. The van der Waals surface area contributed by atoms with Crippen LogP contribution in [0.25, 0.3) is 21.5 Å². The van der Waals surface area contributed by atoms with Gasteiger partial charge in [0.25, 0.3) is 0 Å². The molecular weight excluding hydrogens is 336 g/mol. The summed E-state index contributed by atoms with van der Waals surface area (Å²) in [5, 5.41) is 5.42. The fourth-order valence-electron chi connectivity index (χ4n) is 4.24. The number of unbranched alkanes of at least 4 members (excludes halogenated alkanes) is 11. The molecule has 0 unspecified atom stereocenters. The molecule has 0 N–H and O–H groups in total. The standard InChI is InChI=1S/C28H37/c1-2-3-4-5-6-7-8-9-10-11-12-13-17-24-20-16-21-27-22-25-18-14-15-19-26(25)23-28(24)27/h14-23H,2-13H2,1H3. The highest BCUT2D eigenvalue weighted by Crippen LogP contribution is 2.27.